The molecule has 0 spiro atoms. The van der Waals surface area contributed by atoms with Crippen molar-refractivity contribution in [3.8, 4) is 0 Å². The van der Waals surface area contributed by atoms with Gasteiger partial charge in [0.05, 0.1) is 0 Å². The Kier molecular flexibility index (Phi) is 3.88. The van der Waals surface area contributed by atoms with E-state index in [1.165, 1.54) is 0 Å². The van der Waals surface area contributed by atoms with Crippen LogP contribution in [0.4, 0.5) is 0 Å². The summed E-state index contributed by atoms with van der Waals surface area (Å²) >= 11 is 0. The molecule has 0 atom stereocenters. The molecule has 0 radical (unpaired) electrons. The fourth-order valence-corrected chi connectivity index (χ4v) is 0.643. The molecule has 0 aliphatic heterocycles. The fraction of sp³-hybridized carbons (Fsp3) is 0.500. The molecule has 0 saturated carbocycles. The average molecular weight is 198 g/mol. The van der Waals surface area contributed by atoms with Crippen molar-refractivity contribution in [2.45, 2.75) is 6.42 Å². The Labute approximate surface area is 67.1 Å². The van der Waals surface area contributed by atoms with Crippen molar-refractivity contribution >= 4 is 19.5 Å². The van der Waals surface area contributed by atoms with Gasteiger partial charge in [-0.15, -0.1) is 0 Å². The lowest BCUT2D eigenvalue weighted by atomic mass is 10.4. The summed E-state index contributed by atoms with van der Waals surface area (Å²) in [6, 6.07) is 0. The first kappa shape index (κ1) is 11.1. The van der Waals surface area contributed by atoms with E-state index in [0.29, 0.717) is 0 Å². The Balaban J connectivity index is 3.73. The quantitative estimate of drug-likeness (QED) is 0.305. The smallest absolute Gasteiger partial charge is 0.362 e. The van der Waals surface area contributed by atoms with Crippen LogP contribution in [-0.4, -0.2) is 33.2 Å². The van der Waals surface area contributed by atoms with Crippen molar-refractivity contribution < 1.29 is 33.8 Å². The van der Waals surface area contributed by atoms with Crippen LogP contribution >= 0.6 is 7.60 Å². The van der Waals surface area contributed by atoms with Gasteiger partial charge in [0.2, 0.25) is 0 Å². The maximum absolute atomic E-state index is 10.4. The van der Waals surface area contributed by atoms with Crippen molar-refractivity contribution in [3.63, 3.8) is 0 Å². The molecule has 3 N–H and O–H groups in total. The molecular formula is C4H7O7P. The lowest BCUT2D eigenvalue weighted by Gasteiger charge is -2.03. The molecule has 0 fully saturated rings. The first-order valence-electron chi connectivity index (χ1n) is 2.73. The first-order chi connectivity index (χ1) is 5.31. The van der Waals surface area contributed by atoms with Crippen LogP contribution in [-0.2, 0) is 18.9 Å². The molecule has 0 aromatic carbocycles. The number of carboxylic acids is 1. The van der Waals surface area contributed by atoms with E-state index >= 15 is 0 Å². The van der Waals surface area contributed by atoms with E-state index in [0.717, 1.165) is 0 Å². The number of hydrogen-bond donors (Lipinski definition) is 3. The molecular weight excluding hydrogens is 191 g/mol. The number of carbonyl (C=O) groups is 2. The monoisotopic (exact) mass is 198 g/mol. The zero-order valence-corrected chi connectivity index (χ0v) is 6.73. The maximum atomic E-state index is 10.4. The van der Waals surface area contributed by atoms with Crippen LogP contribution < -0.4 is 0 Å². The average Bonchev–Trinajstić information content (AvgIpc) is 1.80. The molecule has 0 aliphatic rings. The highest BCUT2D eigenvalue weighted by molar-refractivity contribution is 7.51. The zero-order chi connectivity index (χ0) is 9.78. The summed E-state index contributed by atoms with van der Waals surface area (Å²) in [7, 11) is -4.40. The predicted molar refractivity (Wildman–Crippen MR) is 35.3 cm³/mol. The molecule has 0 heterocycles. The Morgan fingerprint density at radius 2 is 1.83 bits per heavy atom. The van der Waals surface area contributed by atoms with Crippen LogP contribution in [0.25, 0.3) is 0 Å². The molecule has 0 aromatic rings. The predicted octanol–water partition coefficient (Wildman–Crippen LogP) is -0.861. The van der Waals surface area contributed by atoms with Gasteiger partial charge in [0.25, 0.3) is 0 Å². The van der Waals surface area contributed by atoms with Crippen molar-refractivity contribution in [3.05, 3.63) is 0 Å². The van der Waals surface area contributed by atoms with Crippen molar-refractivity contribution in [1.82, 2.24) is 0 Å². The number of aliphatic carboxylic acids is 1. The Morgan fingerprint density at radius 3 is 2.17 bits per heavy atom. The Morgan fingerprint density at radius 1 is 1.33 bits per heavy atom. The van der Waals surface area contributed by atoms with Gasteiger partial charge >= 0.3 is 19.5 Å². The third kappa shape index (κ3) is 7.20. The summed E-state index contributed by atoms with van der Waals surface area (Å²) in [5.74, 6) is -2.59. The van der Waals surface area contributed by atoms with Gasteiger partial charge in [0, 0.05) is 0 Å². The van der Waals surface area contributed by atoms with Gasteiger partial charge in [-0.05, 0) is 0 Å². The zero-order valence-electron chi connectivity index (χ0n) is 5.84. The largest absolute Gasteiger partial charge is 0.481 e. The Bertz CT molecular complexity index is 228. The van der Waals surface area contributed by atoms with E-state index in [9.17, 15) is 14.2 Å². The summed E-state index contributed by atoms with van der Waals surface area (Å²) in [6.45, 7) is 0. The molecule has 0 aromatic heterocycles. The summed E-state index contributed by atoms with van der Waals surface area (Å²) in [5, 5.41) is 8.02. The number of hydrogen-bond acceptors (Lipinski definition) is 4. The summed E-state index contributed by atoms with van der Waals surface area (Å²) in [4.78, 5) is 36.6. The van der Waals surface area contributed by atoms with Gasteiger partial charge in [0.1, 0.15) is 6.42 Å². The van der Waals surface area contributed by atoms with Crippen LogP contribution in [0.15, 0.2) is 0 Å². The summed E-state index contributed by atoms with van der Waals surface area (Å²) in [5.41, 5.74) is 0. The third-order valence-corrected chi connectivity index (χ3v) is 1.15. The molecule has 8 heteroatoms. The third-order valence-electron chi connectivity index (χ3n) is 0.689. The van der Waals surface area contributed by atoms with E-state index in [-0.39, 0.29) is 0 Å². The minimum absolute atomic E-state index is 0.903. The van der Waals surface area contributed by atoms with Gasteiger partial charge in [-0.3, -0.25) is 14.2 Å². The molecule has 0 saturated heterocycles. The minimum Gasteiger partial charge on any atom is -0.481 e. The summed E-state index contributed by atoms with van der Waals surface area (Å²) in [6.07, 6.45) is -1.99. The SMILES string of the molecule is O=C(O)CC(=O)OCP(=O)(O)O. The van der Waals surface area contributed by atoms with Gasteiger partial charge in [0.15, 0.2) is 6.35 Å². The lowest BCUT2D eigenvalue weighted by molar-refractivity contribution is -0.150. The molecule has 0 amide bonds. The second-order valence-electron chi connectivity index (χ2n) is 1.88. The molecule has 12 heavy (non-hydrogen) atoms. The maximum Gasteiger partial charge on any atom is 0.362 e. The van der Waals surface area contributed by atoms with E-state index in [1.54, 1.807) is 0 Å². The molecule has 7 nitrogen and oxygen atoms in total. The topological polar surface area (TPSA) is 121 Å². The van der Waals surface area contributed by atoms with E-state index in [2.05, 4.69) is 4.74 Å². The van der Waals surface area contributed by atoms with Gasteiger partial charge in [-0.25, -0.2) is 0 Å². The van der Waals surface area contributed by atoms with Gasteiger partial charge in [-0.1, -0.05) is 0 Å². The van der Waals surface area contributed by atoms with Crippen LogP contribution in [0.3, 0.4) is 0 Å². The van der Waals surface area contributed by atoms with E-state index in [4.69, 9.17) is 14.9 Å². The highest BCUT2D eigenvalue weighted by Crippen LogP contribution is 2.33. The van der Waals surface area contributed by atoms with Crippen LogP contribution in [0.1, 0.15) is 6.42 Å². The molecule has 0 rings (SSSR count). The second-order valence-corrected chi connectivity index (χ2v) is 3.47. The number of carbonyl (C=O) groups excluding carboxylic acids is 1. The normalized spacial score (nSPS) is 10.8. The van der Waals surface area contributed by atoms with E-state index in [1.807, 2.05) is 0 Å². The molecule has 0 unspecified atom stereocenters. The van der Waals surface area contributed by atoms with Crippen molar-refractivity contribution in [1.29, 1.82) is 0 Å². The lowest BCUT2D eigenvalue weighted by Crippen LogP contribution is -2.11. The minimum atomic E-state index is -4.40. The fourth-order valence-electron chi connectivity index (χ4n) is 0.331. The van der Waals surface area contributed by atoms with Crippen LogP contribution in [0.5, 0.6) is 0 Å². The molecule has 70 valence electrons. The van der Waals surface area contributed by atoms with Gasteiger partial charge in [-0.2, -0.15) is 0 Å². The highest BCUT2D eigenvalue weighted by atomic mass is 31.2. The number of ether oxygens (including phenoxy) is 1. The number of carboxylic acid groups (broad SMARTS) is 1. The highest BCUT2D eigenvalue weighted by Gasteiger charge is 2.17. The second kappa shape index (κ2) is 4.20. The number of esters is 1. The van der Waals surface area contributed by atoms with Crippen LogP contribution in [0.2, 0.25) is 0 Å². The molecule has 0 aliphatic carbocycles. The van der Waals surface area contributed by atoms with E-state index < -0.39 is 32.3 Å². The number of rotatable bonds is 4. The molecule has 0 bridgehead atoms. The van der Waals surface area contributed by atoms with Crippen LogP contribution in [0, 0.1) is 0 Å². The first-order valence-corrected chi connectivity index (χ1v) is 4.53. The van der Waals surface area contributed by atoms with Gasteiger partial charge < -0.3 is 19.6 Å². The van der Waals surface area contributed by atoms with Crippen molar-refractivity contribution in [2.75, 3.05) is 6.35 Å². The van der Waals surface area contributed by atoms with Crippen molar-refractivity contribution in [2.24, 2.45) is 0 Å². The standard InChI is InChI=1S/C4H7O7P/c5-3(6)1-4(7)11-2-12(8,9)10/h1-2H2,(H,5,6)(H2,8,9,10). The summed E-state index contributed by atoms with van der Waals surface area (Å²) < 4.78 is 14.0. The Hall–Kier alpha value is -0.910.